The van der Waals surface area contributed by atoms with E-state index in [4.69, 9.17) is 14.0 Å². The Labute approximate surface area is 200 Å². The van der Waals surface area contributed by atoms with Gasteiger partial charge in [0.1, 0.15) is 6.61 Å². The molecule has 0 unspecified atom stereocenters. The van der Waals surface area contributed by atoms with E-state index in [1.165, 1.54) is 27.8 Å². The lowest BCUT2D eigenvalue weighted by Crippen LogP contribution is -2.40. The number of thiophene rings is 1. The second kappa shape index (κ2) is 9.26. The summed E-state index contributed by atoms with van der Waals surface area (Å²) in [6, 6.07) is 11.9. The summed E-state index contributed by atoms with van der Waals surface area (Å²) in [5, 5.41) is 6.35. The minimum Gasteiger partial charge on any atom is -0.457 e. The predicted octanol–water partition coefficient (Wildman–Crippen LogP) is 3.64. The molecule has 0 amide bonds. The first kappa shape index (κ1) is 22.7. The highest BCUT2D eigenvalue weighted by Gasteiger charge is 2.26. The van der Waals surface area contributed by atoms with Crippen LogP contribution in [-0.4, -0.2) is 55.1 Å². The minimum atomic E-state index is -3.65. The molecule has 9 nitrogen and oxygen atoms in total. The van der Waals surface area contributed by atoms with Gasteiger partial charge in [-0.05, 0) is 42.1 Å². The summed E-state index contributed by atoms with van der Waals surface area (Å²) in [7, 11) is -3.65. The average molecular weight is 500 g/mol. The minimum absolute atomic E-state index is 0.0895. The summed E-state index contributed by atoms with van der Waals surface area (Å²) in [6.07, 6.45) is 0. The van der Waals surface area contributed by atoms with Crippen molar-refractivity contribution in [2.45, 2.75) is 18.4 Å². The number of morpholine rings is 1. The monoisotopic (exact) mass is 499 g/mol. The van der Waals surface area contributed by atoms with E-state index in [-0.39, 0.29) is 17.2 Å². The van der Waals surface area contributed by atoms with Crippen molar-refractivity contribution < 1.29 is 27.2 Å². The van der Waals surface area contributed by atoms with Gasteiger partial charge in [0.2, 0.25) is 10.0 Å². The molecular formula is C23H21N3O6S2. The van der Waals surface area contributed by atoms with E-state index in [2.05, 4.69) is 10.1 Å². The van der Waals surface area contributed by atoms with Gasteiger partial charge < -0.3 is 14.0 Å². The lowest BCUT2D eigenvalue weighted by atomic mass is 10.1. The standard InChI is InChI=1S/C23H21N3O6S2/c1-15-21-18(13-19(20-6-3-11-33-20)24-22(21)32-25-15)23(27)31-14-16-4-2-5-17(12-16)34(28,29)26-7-9-30-10-8-26/h2-6,11-13H,7-10,14H2,1H3. The molecule has 0 bridgehead atoms. The molecule has 4 heterocycles. The molecule has 1 aliphatic rings. The molecular weight excluding hydrogens is 478 g/mol. The molecule has 0 N–H and O–H groups in total. The SMILES string of the molecule is Cc1noc2nc(-c3cccs3)cc(C(=O)OCc3cccc(S(=O)(=O)N4CCOCC4)c3)c12. The second-order valence-corrected chi connectivity index (χ2v) is 10.6. The maximum absolute atomic E-state index is 13.1. The number of hydrogen-bond donors (Lipinski definition) is 0. The number of carbonyl (C=O) groups is 1. The largest absolute Gasteiger partial charge is 0.457 e. The van der Waals surface area contributed by atoms with Crippen molar-refractivity contribution in [3.8, 4) is 10.6 Å². The number of aryl methyl sites for hydroxylation is 1. The van der Waals surface area contributed by atoms with E-state index in [0.29, 0.717) is 54.2 Å². The fourth-order valence-electron chi connectivity index (χ4n) is 3.76. The van der Waals surface area contributed by atoms with Crippen LogP contribution in [0.4, 0.5) is 0 Å². The molecule has 0 atom stereocenters. The number of rotatable bonds is 6. The van der Waals surface area contributed by atoms with E-state index in [1.807, 2.05) is 17.5 Å². The van der Waals surface area contributed by atoms with Gasteiger partial charge in [0.05, 0.1) is 45.3 Å². The van der Waals surface area contributed by atoms with Gasteiger partial charge in [0.15, 0.2) is 0 Å². The summed E-state index contributed by atoms with van der Waals surface area (Å²) in [4.78, 5) is 18.6. The number of fused-ring (bicyclic) bond motifs is 1. The van der Waals surface area contributed by atoms with Crippen molar-refractivity contribution in [3.63, 3.8) is 0 Å². The molecule has 0 spiro atoms. The van der Waals surface area contributed by atoms with Crippen LogP contribution >= 0.6 is 11.3 Å². The van der Waals surface area contributed by atoms with Gasteiger partial charge in [-0.2, -0.15) is 4.31 Å². The lowest BCUT2D eigenvalue weighted by molar-refractivity contribution is 0.0474. The predicted molar refractivity (Wildman–Crippen MR) is 125 cm³/mol. The molecule has 1 fully saturated rings. The highest BCUT2D eigenvalue weighted by Crippen LogP contribution is 2.30. The Balaban J connectivity index is 1.39. The third-order valence-corrected chi connectivity index (χ3v) is 8.27. The number of ether oxygens (including phenoxy) is 2. The highest BCUT2D eigenvalue weighted by molar-refractivity contribution is 7.89. The Morgan fingerprint density at radius 1 is 1.18 bits per heavy atom. The number of hydrogen-bond acceptors (Lipinski definition) is 9. The summed E-state index contributed by atoms with van der Waals surface area (Å²) < 4.78 is 43.4. The van der Waals surface area contributed by atoms with Crippen LogP contribution < -0.4 is 0 Å². The molecule has 34 heavy (non-hydrogen) atoms. The normalized spacial score (nSPS) is 15.0. The number of aromatic nitrogens is 2. The van der Waals surface area contributed by atoms with E-state index in [9.17, 15) is 13.2 Å². The first-order valence-corrected chi connectivity index (χ1v) is 12.9. The maximum atomic E-state index is 13.1. The van der Waals surface area contributed by atoms with Gasteiger partial charge in [-0.1, -0.05) is 23.4 Å². The third-order valence-electron chi connectivity index (χ3n) is 5.49. The fraction of sp³-hybridized carbons (Fsp3) is 0.261. The van der Waals surface area contributed by atoms with Gasteiger partial charge in [-0.25, -0.2) is 18.2 Å². The number of esters is 1. The zero-order valence-corrected chi connectivity index (χ0v) is 19.9. The molecule has 11 heteroatoms. The molecule has 3 aromatic heterocycles. The molecule has 0 aliphatic carbocycles. The van der Waals surface area contributed by atoms with Gasteiger partial charge in [0, 0.05) is 13.1 Å². The van der Waals surface area contributed by atoms with Gasteiger partial charge in [-0.15, -0.1) is 11.3 Å². The fourth-order valence-corrected chi connectivity index (χ4v) is 5.93. The van der Waals surface area contributed by atoms with Crippen molar-refractivity contribution in [2.75, 3.05) is 26.3 Å². The van der Waals surface area contributed by atoms with E-state index < -0.39 is 16.0 Å². The van der Waals surface area contributed by atoms with Crippen LogP contribution in [-0.2, 0) is 26.1 Å². The van der Waals surface area contributed by atoms with Gasteiger partial charge >= 0.3 is 5.97 Å². The molecule has 1 aromatic carbocycles. The van der Waals surface area contributed by atoms with Crippen LogP contribution in [0.1, 0.15) is 21.6 Å². The van der Waals surface area contributed by atoms with E-state index in [0.717, 1.165) is 4.88 Å². The molecule has 176 valence electrons. The molecule has 0 radical (unpaired) electrons. The van der Waals surface area contributed by atoms with Crippen LogP contribution in [0.25, 0.3) is 21.7 Å². The number of carbonyl (C=O) groups excluding carboxylic acids is 1. The van der Waals surface area contributed by atoms with Gasteiger partial charge in [0.25, 0.3) is 5.71 Å². The molecule has 4 aromatic rings. The second-order valence-electron chi connectivity index (χ2n) is 7.72. The third kappa shape index (κ3) is 4.34. The Hall–Kier alpha value is -3.12. The van der Waals surface area contributed by atoms with Crippen LogP contribution in [0.5, 0.6) is 0 Å². The van der Waals surface area contributed by atoms with Crippen LogP contribution in [0.3, 0.4) is 0 Å². The van der Waals surface area contributed by atoms with Crippen molar-refractivity contribution in [1.82, 2.24) is 14.4 Å². The van der Waals surface area contributed by atoms with Gasteiger partial charge in [-0.3, -0.25) is 0 Å². The van der Waals surface area contributed by atoms with Crippen molar-refractivity contribution in [1.29, 1.82) is 0 Å². The average Bonchev–Trinajstić information content (AvgIpc) is 3.53. The van der Waals surface area contributed by atoms with E-state index >= 15 is 0 Å². The first-order chi connectivity index (χ1) is 16.4. The Morgan fingerprint density at radius 3 is 2.76 bits per heavy atom. The molecule has 0 saturated carbocycles. The lowest BCUT2D eigenvalue weighted by Gasteiger charge is -2.26. The van der Waals surface area contributed by atoms with Crippen molar-refractivity contribution in [2.24, 2.45) is 0 Å². The summed E-state index contributed by atoms with van der Waals surface area (Å²) in [6.45, 7) is 3.00. The highest BCUT2D eigenvalue weighted by atomic mass is 32.2. The smallest absolute Gasteiger partial charge is 0.339 e. The Morgan fingerprint density at radius 2 is 2.00 bits per heavy atom. The molecule has 1 aliphatic heterocycles. The van der Waals surface area contributed by atoms with Crippen LogP contribution in [0.15, 0.2) is 57.3 Å². The topological polar surface area (TPSA) is 112 Å². The first-order valence-electron chi connectivity index (χ1n) is 10.6. The van der Waals surface area contributed by atoms with E-state index in [1.54, 1.807) is 25.1 Å². The molecule has 5 rings (SSSR count). The quantitative estimate of drug-likeness (QED) is 0.370. The number of benzene rings is 1. The number of sulfonamides is 1. The Kier molecular flexibility index (Phi) is 6.17. The summed E-state index contributed by atoms with van der Waals surface area (Å²) in [5.41, 5.74) is 2.24. The van der Waals surface area contributed by atoms with Crippen LogP contribution in [0.2, 0.25) is 0 Å². The zero-order chi connectivity index (χ0) is 23.7. The van der Waals surface area contributed by atoms with Crippen molar-refractivity contribution >= 4 is 38.4 Å². The maximum Gasteiger partial charge on any atom is 0.339 e. The number of nitrogens with zero attached hydrogens (tertiary/aromatic N) is 3. The summed E-state index contributed by atoms with van der Waals surface area (Å²) >= 11 is 1.49. The summed E-state index contributed by atoms with van der Waals surface area (Å²) in [5.74, 6) is -0.571. The molecule has 1 saturated heterocycles. The zero-order valence-electron chi connectivity index (χ0n) is 18.3. The number of pyridine rings is 1. The van der Waals surface area contributed by atoms with Crippen LogP contribution in [0, 0.1) is 6.92 Å². The Bertz CT molecular complexity index is 1440. The van der Waals surface area contributed by atoms with Crippen molar-refractivity contribution in [3.05, 3.63) is 64.7 Å².